The van der Waals surface area contributed by atoms with Crippen LogP contribution < -0.4 is 9.64 Å². The number of rotatable bonds is 5. The molecular formula is C22H20N2O7. The molecule has 0 aliphatic carbocycles. The van der Waals surface area contributed by atoms with Crippen LogP contribution in [-0.4, -0.2) is 51.6 Å². The molecule has 0 bridgehead atoms. The molecule has 3 aromatic rings. The summed E-state index contributed by atoms with van der Waals surface area (Å²) in [5.41, 5.74) is 2.58. The van der Waals surface area contributed by atoms with Gasteiger partial charge in [-0.15, -0.1) is 0 Å². The van der Waals surface area contributed by atoms with Gasteiger partial charge in [-0.05, 0) is 30.3 Å². The van der Waals surface area contributed by atoms with E-state index in [-0.39, 0.29) is 24.6 Å². The maximum atomic E-state index is 12.6. The molecule has 0 N–H and O–H groups in total. The summed E-state index contributed by atoms with van der Waals surface area (Å²) in [4.78, 5) is 30.9. The van der Waals surface area contributed by atoms with Crippen molar-refractivity contribution in [3.05, 3.63) is 53.7 Å². The Kier molecular flexibility index (Phi) is 5.59. The van der Waals surface area contributed by atoms with Gasteiger partial charge in [-0.25, -0.2) is 14.6 Å². The van der Waals surface area contributed by atoms with Crippen LogP contribution in [0.25, 0.3) is 22.6 Å². The largest absolute Gasteiger partial charge is 0.495 e. The fraction of sp³-hybridized carbons (Fsp3) is 0.227. The fourth-order valence-corrected chi connectivity index (χ4v) is 3.36. The third-order valence-electron chi connectivity index (χ3n) is 4.84. The first-order valence-corrected chi connectivity index (χ1v) is 9.36. The van der Waals surface area contributed by atoms with Crippen LogP contribution in [0.5, 0.6) is 5.75 Å². The van der Waals surface area contributed by atoms with Crippen molar-refractivity contribution in [2.24, 2.45) is 0 Å². The Hall–Kier alpha value is -3.85. The third-order valence-corrected chi connectivity index (χ3v) is 4.84. The lowest BCUT2D eigenvalue weighted by Gasteiger charge is -2.32. The first-order chi connectivity index (χ1) is 15.1. The number of anilines is 1. The quantitative estimate of drug-likeness (QED) is 0.572. The van der Waals surface area contributed by atoms with Crippen LogP contribution >= 0.6 is 0 Å². The molecule has 1 aliphatic rings. The molecule has 1 aliphatic heterocycles. The number of ether oxygens (including phenoxy) is 4. The van der Waals surface area contributed by atoms with Gasteiger partial charge in [0.25, 0.3) is 0 Å². The molecule has 0 spiro atoms. The number of para-hydroxylation sites is 2. The second kappa shape index (κ2) is 8.49. The monoisotopic (exact) mass is 424 g/mol. The fourth-order valence-electron chi connectivity index (χ4n) is 3.36. The normalized spacial score (nSPS) is 14.0. The summed E-state index contributed by atoms with van der Waals surface area (Å²) in [7, 11) is 3.98. The minimum atomic E-state index is -0.696. The Bertz CT molecular complexity index is 1150. The second-order valence-corrected chi connectivity index (χ2v) is 6.59. The molecule has 2 heterocycles. The highest BCUT2D eigenvalue weighted by molar-refractivity contribution is 6.03. The maximum Gasteiger partial charge on any atom is 0.355 e. The molecule has 0 radical (unpaired) electrons. The average molecular weight is 424 g/mol. The number of carbonyl (C=O) groups excluding carboxylic acids is 2. The molecule has 160 valence electrons. The molecule has 0 atom stereocenters. The topological polar surface area (TPSA) is 100 Å². The van der Waals surface area contributed by atoms with E-state index in [4.69, 9.17) is 23.4 Å². The number of hydrogen-bond acceptors (Lipinski definition) is 9. The van der Waals surface area contributed by atoms with Gasteiger partial charge in [-0.2, -0.15) is 0 Å². The Morgan fingerprint density at radius 1 is 1.03 bits per heavy atom. The minimum absolute atomic E-state index is 0.00169. The summed E-state index contributed by atoms with van der Waals surface area (Å²) >= 11 is 0. The van der Waals surface area contributed by atoms with Crippen molar-refractivity contribution >= 4 is 28.7 Å². The highest BCUT2D eigenvalue weighted by Gasteiger charge is 2.34. The number of methoxy groups -OCH3 is 3. The first-order valence-electron chi connectivity index (χ1n) is 9.36. The Morgan fingerprint density at radius 3 is 2.52 bits per heavy atom. The van der Waals surface area contributed by atoms with Crippen molar-refractivity contribution in [2.75, 3.05) is 39.6 Å². The van der Waals surface area contributed by atoms with E-state index in [0.29, 0.717) is 28.5 Å². The van der Waals surface area contributed by atoms with E-state index in [9.17, 15) is 9.59 Å². The molecule has 2 aromatic carbocycles. The highest BCUT2D eigenvalue weighted by Crippen LogP contribution is 2.37. The molecule has 0 fully saturated rings. The summed E-state index contributed by atoms with van der Waals surface area (Å²) in [6, 6.07) is 12.7. The summed E-state index contributed by atoms with van der Waals surface area (Å²) in [6.07, 6.45) is 0. The lowest BCUT2D eigenvalue weighted by molar-refractivity contribution is -0.140. The molecule has 1 aromatic heterocycles. The lowest BCUT2D eigenvalue weighted by atomic mass is 10.1. The van der Waals surface area contributed by atoms with Crippen LogP contribution in [0, 0.1) is 0 Å². The number of aromatic nitrogens is 1. The zero-order chi connectivity index (χ0) is 22.0. The summed E-state index contributed by atoms with van der Waals surface area (Å²) in [5, 5.41) is 0. The van der Waals surface area contributed by atoms with Gasteiger partial charge >= 0.3 is 11.9 Å². The van der Waals surface area contributed by atoms with Gasteiger partial charge in [0, 0.05) is 5.56 Å². The predicted octanol–water partition coefficient (Wildman–Crippen LogP) is 2.90. The van der Waals surface area contributed by atoms with E-state index in [0.717, 1.165) is 5.52 Å². The number of benzene rings is 2. The zero-order valence-corrected chi connectivity index (χ0v) is 17.2. The maximum absolute atomic E-state index is 12.6. The van der Waals surface area contributed by atoms with E-state index in [1.54, 1.807) is 18.2 Å². The summed E-state index contributed by atoms with van der Waals surface area (Å²) in [5.74, 6) is -0.520. The molecule has 9 heteroatoms. The molecule has 0 saturated heterocycles. The first kappa shape index (κ1) is 20.4. The van der Waals surface area contributed by atoms with E-state index in [1.165, 1.54) is 26.2 Å². The van der Waals surface area contributed by atoms with E-state index >= 15 is 0 Å². The van der Waals surface area contributed by atoms with Crippen LogP contribution in [0.1, 0.15) is 0 Å². The van der Waals surface area contributed by atoms with Crippen LogP contribution in [0.4, 0.5) is 5.69 Å². The molecular weight excluding hydrogens is 404 g/mol. The number of carbonyl (C=O) groups is 2. The SMILES string of the molecule is COC(=O)C1=C(C(=O)OC)N(c2cc(-c3nc4ccccc4o3)ccc2OC)COC1. The van der Waals surface area contributed by atoms with Crippen molar-refractivity contribution < 1.29 is 33.0 Å². The number of nitrogens with zero attached hydrogens (tertiary/aromatic N) is 2. The van der Waals surface area contributed by atoms with E-state index in [2.05, 4.69) is 4.98 Å². The van der Waals surface area contributed by atoms with Crippen molar-refractivity contribution in [1.82, 2.24) is 4.98 Å². The smallest absolute Gasteiger partial charge is 0.355 e. The van der Waals surface area contributed by atoms with Gasteiger partial charge < -0.3 is 28.3 Å². The number of fused-ring (bicyclic) bond motifs is 1. The van der Waals surface area contributed by atoms with Crippen LogP contribution in [0.15, 0.2) is 58.2 Å². The Morgan fingerprint density at radius 2 is 1.81 bits per heavy atom. The van der Waals surface area contributed by atoms with E-state index < -0.39 is 11.9 Å². The molecule has 4 rings (SSSR count). The summed E-state index contributed by atoms with van der Waals surface area (Å²) in [6.45, 7) is -0.0843. The molecule has 31 heavy (non-hydrogen) atoms. The average Bonchev–Trinajstić information content (AvgIpc) is 3.26. The van der Waals surface area contributed by atoms with Crippen molar-refractivity contribution in [3.63, 3.8) is 0 Å². The molecule has 0 amide bonds. The number of esters is 2. The Labute approximate surface area is 177 Å². The molecule has 9 nitrogen and oxygen atoms in total. The van der Waals surface area contributed by atoms with Gasteiger partial charge in [0.2, 0.25) is 5.89 Å². The second-order valence-electron chi connectivity index (χ2n) is 6.59. The minimum Gasteiger partial charge on any atom is -0.495 e. The van der Waals surface area contributed by atoms with Gasteiger partial charge in [-0.3, -0.25) is 0 Å². The summed E-state index contributed by atoms with van der Waals surface area (Å²) < 4.78 is 26.6. The van der Waals surface area contributed by atoms with Crippen molar-refractivity contribution in [3.8, 4) is 17.2 Å². The van der Waals surface area contributed by atoms with Gasteiger partial charge in [0.1, 0.15) is 23.7 Å². The standard InChI is InChI=1S/C22H20N2O7/c1-27-18-9-8-13(20-23-15-6-4-5-7-17(15)31-20)10-16(18)24-12-30-11-14(21(25)28-2)19(24)22(26)29-3/h4-10H,11-12H2,1-3H3. The van der Waals surface area contributed by atoms with Crippen LogP contribution in [0.2, 0.25) is 0 Å². The van der Waals surface area contributed by atoms with Gasteiger partial charge in [0.15, 0.2) is 5.58 Å². The van der Waals surface area contributed by atoms with Crippen LogP contribution in [0.3, 0.4) is 0 Å². The third kappa shape index (κ3) is 3.71. The highest BCUT2D eigenvalue weighted by atomic mass is 16.5. The number of oxazole rings is 1. The molecule has 0 saturated carbocycles. The van der Waals surface area contributed by atoms with Crippen molar-refractivity contribution in [2.45, 2.75) is 0 Å². The zero-order valence-electron chi connectivity index (χ0n) is 17.2. The predicted molar refractivity (Wildman–Crippen MR) is 110 cm³/mol. The van der Waals surface area contributed by atoms with Gasteiger partial charge in [0.05, 0.1) is 39.2 Å². The lowest BCUT2D eigenvalue weighted by Crippen LogP contribution is -2.39. The molecule has 0 unspecified atom stereocenters. The Balaban J connectivity index is 1.86. The van der Waals surface area contributed by atoms with Crippen molar-refractivity contribution in [1.29, 1.82) is 0 Å². The van der Waals surface area contributed by atoms with Crippen LogP contribution in [-0.2, 0) is 23.8 Å². The van der Waals surface area contributed by atoms with E-state index in [1.807, 2.05) is 24.3 Å². The van der Waals surface area contributed by atoms with Gasteiger partial charge in [-0.1, -0.05) is 12.1 Å². The number of hydrogen-bond donors (Lipinski definition) is 0.